The zero-order chi connectivity index (χ0) is 7.56. The van der Waals surface area contributed by atoms with E-state index in [0.717, 1.165) is 9.94 Å². The summed E-state index contributed by atoms with van der Waals surface area (Å²) >= 11 is 3.31. The van der Waals surface area contributed by atoms with Crippen molar-refractivity contribution in [2.75, 3.05) is 0 Å². The van der Waals surface area contributed by atoms with Crippen molar-refractivity contribution in [2.45, 2.75) is 6.82 Å². The number of hydrogen-bond donors (Lipinski definition) is 1. The van der Waals surface area contributed by atoms with Gasteiger partial charge in [0.1, 0.15) is 0 Å². The van der Waals surface area contributed by atoms with E-state index in [2.05, 4.69) is 15.9 Å². The minimum atomic E-state index is -0.368. The SMILES string of the molecule is CB(O)c1ccc(Br)cc1. The maximum absolute atomic E-state index is 9.10. The Kier molecular flexibility index (Phi) is 2.52. The van der Waals surface area contributed by atoms with Crippen LogP contribution in [0, 0.1) is 0 Å². The minimum Gasteiger partial charge on any atom is -0.447 e. The highest BCUT2D eigenvalue weighted by Gasteiger charge is 2.03. The van der Waals surface area contributed by atoms with E-state index in [9.17, 15) is 0 Å². The maximum atomic E-state index is 9.10. The molecule has 1 aromatic rings. The smallest absolute Gasteiger partial charge is 0.320 e. The lowest BCUT2D eigenvalue weighted by atomic mass is 9.64. The van der Waals surface area contributed by atoms with Gasteiger partial charge in [-0.2, -0.15) is 0 Å². The van der Waals surface area contributed by atoms with Gasteiger partial charge in [-0.15, -0.1) is 0 Å². The highest BCUT2D eigenvalue weighted by atomic mass is 79.9. The fourth-order valence-electron chi connectivity index (χ4n) is 0.741. The second-order valence-electron chi connectivity index (χ2n) is 2.23. The molecule has 0 saturated carbocycles. The van der Waals surface area contributed by atoms with E-state index in [1.54, 1.807) is 6.82 Å². The first-order valence-corrected chi connectivity index (χ1v) is 3.93. The zero-order valence-corrected chi connectivity index (χ0v) is 7.30. The molecule has 1 rings (SSSR count). The van der Waals surface area contributed by atoms with Gasteiger partial charge >= 0.3 is 6.92 Å². The first-order chi connectivity index (χ1) is 4.70. The van der Waals surface area contributed by atoms with Gasteiger partial charge in [-0.1, -0.05) is 34.9 Å². The van der Waals surface area contributed by atoms with E-state index >= 15 is 0 Å². The van der Waals surface area contributed by atoms with Crippen LogP contribution in [0.3, 0.4) is 0 Å². The molecule has 1 nitrogen and oxygen atoms in total. The summed E-state index contributed by atoms with van der Waals surface area (Å²) in [5, 5.41) is 9.10. The van der Waals surface area contributed by atoms with Crippen LogP contribution < -0.4 is 5.46 Å². The molecule has 0 fully saturated rings. The molecule has 0 saturated heterocycles. The van der Waals surface area contributed by atoms with Crippen LogP contribution >= 0.6 is 15.9 Å². The molecule has 0 bridgehead atoms. The van der Waals surface area contributed by atoms with Crippen LogP contribution in [-0.2, 0) is 0 Å². The van der Waals surface area contributed by atoms with Crippen molar-refractivity contribution < 1.29 is 5.02 Å². The van der Waals surface area contributed by atoms with Crippen LogP contribution in [0.4, 0.5) is 0 Å². The summed E-state index contributed by atoms with van der Waals surface area (Å²) in [5.41, 5.74) is 0.947. The van der Waals surface area contributed by atoms with Crippen molar-refractivity contribution in [2.24, 2.45) is 0 Å². The third-order valence-corrected chi connectivity index (χ3v) is 1.88. The van der Waals surface area contributed by atoms with Gasteiger partial charge in [0, 0.05) is 4.47 Å². The van der Waals surface area contributed by atoms with Gasteiger partial charge < -0.3 is 5.02 Å². The predicted octanol–water partition coefficient (Wildman–Crippen LogP) is 1.27. The van der Waals surface area contributed by atoms with Gasteiger partial charge in [-0.25, -0.2) is 0 Å². The molecular weight excluding hydrogens is 191 g/mol. The van der Waals surface area contributed by atoms with Crippen molar-refractivity contribution in [1.29, 1.82) is 0 Å². The van der Waals surface area contributed by atoms with Gasteiger partial charge in [-0.3, -0.25) is 0 Å². The molecule has 0 aliphatic carbocycles. The summed E-state index contributed by atoms with van der Waals surface area (Å²) in [7, 11) is 0. The number of benzene rings is 1. The highest BCUT2D eigenvalue weighted by Crippen LogP contribution is 2.05. The van der Waals surface area contributed by atoms with E-state index in [1.165, 1.54) is 0 Å². The normalized spacial score (nSPS) is 9.50. The highest BCUT2D eigenvalue weighted by molar-refractivity contribution is 9.10. The largest absolute Gasteiger partial charge is 0.447 e. The van der Waals surface area contributed by atoms with Crippen molar-refractivity contribution in [3.05, 3.63) is 28.7 Å². The second kappa shape index (κ2) is 3.22. The molecule has 0 aliphatic heterocycles. The molecule has 0 aromatic heterocycles. The van der Waals surface area contributed by atoms with E-state index in [4.69, 9.17) is 5.02 Å². The fourth-order valence-corrected chi connectivity index (χ4v) is 1.01. The van der Waals surface area contributed by atoms with Crippen molar-refractivity contribution in [1.82, 2.24) is 0 Å². The molecule has 0 amide bonds. The number of hydrogen-bond acceptors (Lipinski definition) is 1. The Morgan fingerprint density at radius 3 is 2.20 bits per heavy atom. The maximum Gasteiger partial charge on any atom is 0.320 e. The third-order valence-electron chi connectivity index (χ3n) is 1.35. The average Bonchev–Trinajstić information content (AvgIpc) is 1.88. The molecule has 10 heavy (non-hydrogen) atoms. The quantitative estimate of drug-likeness (QED) is 0.675. The Labute approximate surface area is 69.3 Å². The Balaban J connectivity index is 2.89. The van der Waals surface area contributed by atoms with Crippen LogP contribution in [0.2, 0.25) is 6.82 Å². The van der Waals surface area contributed by atoms with E-state index < -0.39 is 0 Å². The molecule has 52 valence electrons. The van der Waals surface area contributed by atoms with Gasteiger partial charge in [0.2, 0.25) is 0 Å². The number of halogens is 1. The van der Waals surface area contributed by atoms with Gasteiger partial charge in [-0.05, 0) is 17.6 Å². The molecule has 0 atom stereocenters. The Hall–Kier alpha value is -0.275. The average molecular weight is 199 g/mol. The number of rotatable bonds is 1. The molecule has 3 heteroatoms. The van der Waals surface area contributed by atoms with E-state index in [0.29, 0.717) is 0 Å². The molecule has 1 aromatic carbocycles. The first-order valence-electron chi connectivity index (χ1n) is 3.13. The van der Waals surface area contributed by atoms with Crippen LogP contribution in [0.15, 0.2) is 28.7 Å². The summed E-state index contributed by atoms with van der Waals surface area (Å²) < 4.78 is 1.04. The van der Waals surface area contributed by atoms with Crippen LogP contribution in [-0.4, -0.2) is 11.9 Å². The Bertz CT molecular complexity index is 207. The lowest BCUT2D eigenvalue weighted by Gasteiger charge is -1.98. The topological polar surface area (TPSA) is 20.2 Å². The molecule has 0 aliphatic rings. The van der Waals surface area contributed by atoms with Gasteiger partial charge in [0.25, 0.3) is 0 Å². The van der Waals surface area contributed by atoms with Crippen LogP contribution in [0.1, 0.15) is 0 Å². The molecule has 0 spiro atoms. The summed E-state index contributed by atoms with van der Waals surface area (Å²) in [6, 6.07) is 7.63. The fraction of sp³-hybridized carbons (Fsp3) is 0.143. The summed E-state index contributed by atoms with van der Waals surface area (Å²) in [5.74, 6) is 0. The van der Waals surface area contributed by atoms with Crippen molar-refractivity contribution >= 4 is 28.3 Å². The second-order valence-corrected chi connectivity index (χ2v) is 3.14. The summed E-state index contributed by atoms with van der Waals surface area (Å²) in [6.07, 6.45) is 0. The predicted molar refractivity (Wildman–Crippen MR) is 47.6 cm³/mol. The first kappa shape index (κ1) is 7.83. The van der Waals surface area contributed by atoms with Crippen molar-refractivity contribution in [3.63, 3.8) is 0 Å². The Morgan fingerprint density at radius 1 is 1.30 bits per heavy atom. The lowest BCUT2D eigenvalue weighted by molar-refractivity contribution is 0.594. The summed E-state index contributed by atoms with van der Waals surface area (Å²) in [6.45, 7) is 1.39. The molecule has 0 unspecified atom stereocenters. The van der Waals surface area contributed by atoms with E-state index in [1.807, 2.05) is 24.3 Å². The molecule has 1 N–H and O–H groups in total. The third kappa shape index (κ3) is 1.85. The standard InChI is InChI=1S/C7H8BBrO/c1-8(10)6-2-4-7(9)5-3-6/h2-5,10H,1H3. The van der Waals surface area contributed by atoms with Gasteiger partial charge in [0.05, 0.1) is 0 Å². The molecular formula is C7H8BBrO. The monoisotopic (exact) mass is 198 g/mol. The summed E-state index contributed by atoms with van der Waals surface area (Å²) in [4.78, 5) is 0. The van der Waals surface area contributed by atoms with Crippen LogP contribution in [0.25, 0.3) is 0 Å². The molecule has 0 heterocycles. The zero-order valence-electron chi connectivity index (χ0n) is 5.71. The van der Waals surface area contributed by atoms with Crippen LogP contribution in [0.5, 0.6) is 0 Å². The molecule has 0 radical (unpaired) electrons. The van der Waals surface area contributed by atoms with Crippen molar-refractivity contribution in [3.8, 4) is 0 Å². The van der Waals surface area contributed by atoms with E-state index in [-0.39, 0.29) is 6.92 Å². The lowest BCUT2D eigenvalue weighted by Crippen LogP contribution is -2.25. The van der Waals surface area contributed by atoms with Gasteiger partial charge in [0.15, 0.2) is 0 Å². The Morgan fingerprint density at radius 2 is 1.80 bits per heavy atom. The minimum absolute atomic E-state index is 0.368.